The van der Waals surface area contributed by atoms with Crippen molar-refractivity contribution in [2.24, 2.45) is 0 Å². The van der Waals surface area contributed by atoms with Crippen LogP contribution in [0.2, 0.25) is 5.02 Å². The maximum absolute atomic E-state index is 12.2. The van der Waals surface area contributed by atoms with Gasteiger partial charge in [0.15, 0.2) is 5.69 Å². The number of rotatable bonds is 3. The highest BCUT2D eigenvalue weighted by Crippen LogP contribution is 2.20. The predicted molar refractivity (Wildman–Crippen MR) is 89.5 cm³/mol. The molecule has 0 aliphatic rings. The lowest BCUT2D eigenvalue weighted by atomic mass is 10.1. The van der Waals surface area contributed by atoms with E-state index in [1.54, 1.807) is 24.3 Å². The molecule has 0 aliphatic heterocycles. The van der Waals surface area contributed by atoms with Crippen molar-refractivity contribution in [1.82, 2.24) is 10.2 Å². The Bertz CT molecular complexity index is 678. The molecule has 2 aromatic rings. The molecule has 0 fully saturated rings. The van der Waals surface area contributed by atoms with Crippen molar-refractivity contribution in [3.05, 3.63) is 46.6 Å². The second-order valence-corrected chi connectivity index (χ2v) is 6.53. The highest BCUT2D eigenvalue weighted by molar-refractivity contribution is 6.31. The van der Waals surface area contributed by atoms with E-state index in [0.717, 1.165) is 5.56 Å². The fourth-order valence-electron chi connectivity index (χ4n) is 1.82. The number of halogens is 1. The molecular weight excluding hydrogens is 300 g/mol. The van der Waals surface area contributed by atoms with Crippen LogP contribution >= 0.6 is 11.6 Å². The van der Waals surface area contributed by atoms with Crippen molar-refractivity contribution in [2.45, 2.75) is 33.2 Å². The molecule has 0 bridgehead atoms. The number of aromatic nitrogens is 2. The molecule has 0 spiro atoms. The molecule has 2 rings (SSSR count). The Morgan fingerprint density at radius 2 is 1.86 bits per heavy atom. The van der Waals surface area contributed by atoms with Gasteiger partial charge in [-0.05, 0) is 57.5 Å². The lowest BCUT2D eigenvalue weighted by Gasteiger charge is -2.20. The van der Waals surface area contributed by atoms with E-state index in [2.05, 4.69) is 20.8 Å². The summed E-state index contributed by atoms with van der Waals surface area (Å²) in [6, 6.07) is 8.70. The van der Waals surface area contributed by atoms with E-state index in [1.807, 2.05) is 33.8 Å². The predicted octanol–water partition coefficient (Wildman–Crippen LogP) is 3.90. The third-order valence-electron chi connectivity index (χ3n) is 2.85. The molecule has 116 valence electrons. The Morgan fingerprint density at radius 1 is 1.14 bits per heavy atom. The third kappa shape index (κ3) is 4.43. The van der Waals surface area contributed by atoms with Crippen molar-refractivity contribution in [3.8, 4) is 0 Å². The number of nitrogens with zero attached hydrogens (tertiary/aromatic N) is 2. The van der Waals surface area contributed by atoms with Gasteiger partial charge in [0, 0.05) is 16.2 Å². The molecule has 1 amide bonds. The number of anilines is 2. The van der Waals surface area contributed by atoms with E-state index < -0.39 is 0 Å². The van der Waals surface area contributed by atoms with Gasteiger partial charge < -0.3 is 10.6 Å². The molecule has 0 radical (unpaired) electrons. The summed E-state index contributed by atoms with van der Waals surface area (Å²) in [5.41, 5.74) is 1.72. The molecule has 0 aliphatic carbocycles. The zero-order chi connectivity index (χ0) is 16.3. The Balaban J connectivity index is 2.11. The molecule has 6 heteroatoms. The van der Waals surface area contributed by atoms with Gasteiger partial charge in [-0.2, -0.15) is 0 Å². The zero-order valence-corrected chi connectivity index (χ0v) is 13.8. The van der Waals surface area contributed by atoms with Gasteiger partial charge in [0.2, 0.25) is 0 Å². The first-order valence-corrected chi connectivity index (χ1v) is 7.32. The molecule has 22 heavy (non-hydrogen) atoms. The fourth-order valence-corrected chi connectivity index (χ4v) is 1.99. The van der Waals surface area contributed by atoms with Gasteiger partial charge >= 0.3 is 0 Å². The molecule has 0 atom stereocenters. The summed E-state index contributed by atoms with van der Waals surface area (Å²) >= 11 is 5.94. The van der Waals surface area contributed by atoms with Crippen LogP contribution < -0.4 is 10.6 Å². The van der Waals surface area contributed by atoms with Crippen LogP contribution in [-0.4, -0.2) is 21.6 Å². The molecule has 0 saturated heterocycles. The summed E-state index contributed by atoms with van der Waals surface area (Å²) < 4.78 is 0. The minimum atomic E-state index is -0.319. The van der Waals surface area contributed by atoms with Crippen LogP contribution in [0.15, 0.2) is 30.3 Å². The standard InChI is InChI=1S/C16H19ClN4O/c1-10-5-6-11(17)9-13(10)18-15(22)12-7-8-14(21-20-12)19-16(2,3)4/h5-9H,1-4H3,(H,18,22)(H,19,21). The average Bonchev–Trinajstić information content (AvgIpc) is 2.42. The summed E-state index contributed by atoms with van der Waals surface area (Å²) in [7, 11) is 0. The molecule has 0 unspecified atom stereocenters. The van der Waals surface area contributed by atoms with Gasteiger partial charge in [-0.15, -0.1) is 10.2 Å². The van der Waals surface area contributed by atoms with Gasteiger partial charge in [0.05, 0.1) is 0 Å². The summed E-state index contributed by atoms with van der Waals surface area (Å²) in [6.45, 7) is 7.97. The second kappa shape index (κ2) is 6.32. The SMILES string of the molecule is Cc1ccc(Cl)cc1NC(=O)c1ccc(NC(C)(C)C)nn1. The van der Waals surface area contributed by atoms with E-state index in [1.165, 1.54) is 0 Å². The maximum Gasteiger partial charge on any atom is 0.276 e. The highest BCUT2D eigenvalue weighted by Gasteiger charge is 2.13. The molecule has 1 heterocycles. The summed E-state index contributed by atoms with van der Waals surface area (Å²) in [5, 5.41) is 14.5. The van der Waals surface area contributed by atoms with E-state index in [9.17, 15) is 4.79 Å². The number of amides is 1. The van der Waals surface area contributed by atoms with Crippen LogP contribution in [0.5, 0.6) is 0 Å². The van der Waals surface area contributed by atoms with E-state index in [0.29, 0.717) is 16.5 Å². The molecule has 1 aromatic heterocycles. The maximum atomic E-state index is 12.2. The first-order chi connectivity index (χ1) is 10.2. The molecular formula is C16H19ClN4O. The van der Waals surface area contributed by atoms with Crippen LogP contribution in [0.3, 0.4) is 0 Å². The topological polar surface area (TPSA) is 66.9 Å². The smallest absolute Gasteiger partial charge is 0.276 e. The Morgan fingerprint density at radius 3 is 2.45 bits per heavy atom. The van der Waals surface area contributed by atoms with Crippen LogP contribution in [0.1, 0.15) is 36.8 Å². The normalized spacial score (nSPS) is 11.1. The van der Waals surface area contributed by atoms with Gasteiger partial charge in [-0.1, -0.05) is 17.7 Å². The molecule has 2 N–H and O–H groups in total. The monoisotopic (exact) mass is 318 g/mol. The fraction of sp³-hybridized carbons (Fsp3) is 0.312. The minimum Gasteiger partial charge on any atom is -0.364 e. The van der Waals surface area contributed by atoms with Crippen LogP contribution in [0, 0.1) is 6.92 Å². The van der Waals surface area contributed by atoms with Crippen molar-refractivity contribution in [1.29, 1.82) is 0 Å². The van der Waals surface area contributed by atoms with Crippen molar-refractivity contribution < 1.29 is 4.79 Å². The van der Waals surface area contributed by atoms with Gasteiger partial charge in [0.1, 0.15) is 5.82 Å². The number of hydrogen-bond donors (Lipinski definition) is 2. The number of carbonyl (C=O) groups is 1. The number of benzene rings is 1. The summed E-state index contributed by atoms with van der Waals surface area (Å²) in [4.78, 5) is 12.2. The first-order valence-electron chi connectivity index (χ1n) is 6.94. The van der Waals surface area contributed by atoms with Gasteiger partial charge in [-0.25, -0.2) is 0 Å². The summed E-state index contributed by atoms with van der Waals surface area (Å²) in [5.74, 6) is 0.308. The lowest BCUT2D eigenvalue weighted by molar-refractivity contribution is 0.102. The Hall–Kier alpha value is -2.14. The summed E-state index contributed by atoms with van der Waals surface area (Å²) in [6.07, 6.45) is 0. The zero-order valence-electron chi connectivity index (χ0n) is 13.1. The van der Waals surface area contributed by atoms with Gasteiger partial charge in [-0.3, -0.25) is 4.79 Å². The minimum absolute atomic E-state index is 0.115. The lowest BCUT2D eigenvalue weighted by Crippen LogP contribution is -2.27. The average molecular weight is 319 g/mol. The van der Waals surface area contributed by atoms with Crippen molar-refractivity contribution >= 4 is 29.0 Å². The van der Waals surface area contributed by atoms with E-state index >= 15 is 0 Å². The van der Waals surface area contributed by atoms with Crippen LogP contribution in [0.4, 0.5) is 11.5 Å². The third-order valence-corrected chi connectivity index (χ3v) is 3.08. The Kier molecular flexibility index (Phi) is 4.66. The first kappa shape index (κ1) is 16.2. The quantitative estimate of drug-likeness (QED) is 0.900. The largest absolute Gasteiger partial charge is 0.364 e. The number of nitrogens with one attached hydrogen (secondary N) is 2. The van der Waals surface area contributed by atoms with Crippen molar-refractivity contribution in [3.63, 3.8) is 0 Å². The van der Waals surface area contributed by atoms with Gasteiger partial charge in [0.25, 0.3) is 5.91 Å². The van der Waals surface area contributed by atoms with E-state index in [-0.39, 0.29) is 17.1 Å². The highest BCUT2D eigenvalue weighted by atomic mass is 35.5. The Labute approximate surface area is 135 Å². The number of aryl methyl sites for hydroxylation is 1. The van der Waals surface area contributed by atoms with Crippen LogP contribution in [0.25, 0.3) is 0 Å². The second-order valence-electron chi connectivity index (χ2n) is 6.09. The number of carbonyl (C=O) groups excluding carboxylic acids is 1. The molecule has 1 aromatic carbocycles. The molecule has 0 saturated carbocycles. The van der Waals surface area contributed by atoms with Crippen LogP contribution in [-0.2, 0) is 0 Å². The number of hydrogen-bond acceptors (Lipinski definition) is 4. The van der Waals surface area contributed by atoms with E-state index in [4.69, 9.17) is 11.6 Å². The molecule has 5 nitrogen and oxygen atoms in total. The van der Waals surface area contributed by atoms with Crippen molar-refractivity contribution in [2.75, 3.05) is 10.6 Å².